The molecule has 24 heavy (non-hydrogen) atoms. The van der Waals surface area contributed by atoms with E-state index >= 15 is 0 Å². The average molecular weight is 337 g/mol. The summed E-state index contributed by atoms with van der Waals surface area (Å²) in [6.45, 7) is 7.64. The summed E-state index contributed by atoms with van der Waals surface area (Å²) in [6.07, 6.45) is 2.61. The van der Waals surface area contributed by atoms with Gasteiger partial charge < -0.3 is 5.32 Å². The molecule has 3 rings (SSSR count). The van der Waals surface area contributed by atoms with Crippen molar-refractivity contribution < 1.29 is 0 Å². The van der Waals surface area contributed by atoms with Crippen molar-refractivity contribution in [1.82, 2.24) is 9.97 Å². The Hall–Kier alpha value is -2.20. The molecule has 0 spiro atoms. The third-order valence-corrected chi connectivity index (χ3v) is 4.46. The molecule has 0 saturated heterocycles. The largest absolute Gasteiger partial charge is 0.385 e. The molecule has 0 aliphatic heterocycles. The smallest absolute Gasteiger partial charge is 0.0992 e. The molecule has 0 amide bonds. The third-order valence-electron chi connectivity index (χ3n) is 3.61. The summed E-state index contributed by atoms with van der Waals surface area (Å²) in [7, 11) is 0. The number of thiazole rings is 1. The molecular formula is C20H23N3S. The standard InChI is InChI=1S/C20H23N3S/c1-20(2,3)14-22-16-9-7-15(8-10-16)18-13-24-19(23-18)12-17-6-4-5-11-21-17/h4-11,13,22H,12,14H2,1-3H3. The summed E-state index contributed by atoms with van der Waals surface area (Å²) >= 11 is 1.69. The van der Waals surface area contributed by atoms with Crippen molar-refractivity contribution in [3.63, 3.8) is 0 Å². The summed E-state index contributed by atoms with van der Waals surface area (Å²) in [5.41, 5.74) is 4.67. The summed E-state index contributed by atoms with van der Waals surface area (Å²) < 4.78 is 0. The van der Waals surface area contributed by atoms with Gasteiger partial charge in [-0.05, 0) is 29.7 Å². The van der Waals surface area contributed by atoms with E-state index in [1.165, 1.54) is 0 Å². The van der Waals surface area contributed by atoms with Gasteiger partial charge in [-0.1, -0.05) is 39.0 Å². The highest BCUT2D eigenvalue weighted by molar-refractivity contribution is 7.10. The number of hydrogen-bond acceptors (Lipinski definition) is 4. The molecule has 0 radical (unpaired) electrons. The van der Waals surface area contributed by atoms with Gasteiger partial charge in [-0.2, -0.15) is 0 Å². The Morgan fingerprint density at radius 1 is 1.04 bits per heavy atom. The molecule has 0 aliphatic carbocycles. The van der Waals surface area contributed by atoms with Crippen LogP contribution in [-0.2, 0) is 6.42 Å². The lowest BCUT2D eigenvalue weighted by Crippen LogP contribution is -2.18. The van der Waals surface area contributed by atoms with Crippen LogP contribution >= 0.6 is 11.3 Å². The first-order valence-corrected chi connectivity index (χ1v) is 9.06. The zero-order chi connectivity index (χ0) is 17.0. The van der Waals surface area contributed by atoms with Gasteiger partial charge in [0.25, 0.3) is 0 Å². The van der Waals surface area contributed by atoms with E-state index in [4.69, 9.17) is 4.98 Å². The number of benzene rings is 1. The Balaban J connectivity index is 1.67. The molecule has 1 aromatic carbocycles. The molecule has 1 N–H and O–H groups in total. The van der Waals surface area contributed by atoms with E-state index in [1.54, 1.807) is 11.3 Å². The minimum Gasteiger partial charge on any atom is -0.385 e. The highest BCUT2D eigenvalue weighted by Crippen LogP contribution is 2.25. The maximum Gasteiger partial charge on any atom is 0.0992 e. The fourth-order valence-electron chi connectivity index (χ4n) is 2.31. The Morgan fingerprint density at radius 3 is 2.50 bits per heavy atom. The molecule has 0 saturated carbocycles. The van der Waals surface area contributed by atoms with Crippen molar-refractivity contribution in [2.24, 2.45) is 5.41 Å². The fourth-order valence-corrected chi connectivity index (χ4v) is 3.13. The predicted molar refractivity (Wildman–Crippen MR) is 103 cm³/mol. The number of nitrogens with zero attached hydrogens (tertiary/aromatic N) is 2. The summed E-state index contributed by atoms with van der Waals surface area (Å²) in [5.74, 6) is 0. The van der Waals surface area contributed by atoms with E-state index in [1.807, 2.05) is 24.4 Å². The minimum absolute atomic E-state index is 0.272. The van der Waals surface area contributed by atoms with Gasteiger partial charge >= 0.3 is 0 Å². The molecule has 0 bridgehead atoms. The SMILES string of the molecule is CC(C)(C)CNc1ccc(-c2csc(Cc3ccccn3)n2)cc1. The third kappa shape index (κ3) is 4.65. The number of anilines is 1. The van der Waals surface area contributed by atoms with E-state index in [-0.39, 0.29) is 5.41 Å². The topological polar surface area (TPSA) is 37.8 Å². The van der Waals surface area contributed by atoms with Crippen LogP contribution in [0.4, 0.5) is 5.69 Å². The molecule has 0 unspecified atom stereocenters. The number of pyridine rings is 1. The Bertz CT molecular complexity index is 771. The highest BCUT2D eigenvalue weighted by Gasteiger charge is 2.10. The molecule has 3 aromatic rings. The normalized spacial score (nSPS) is 11.5. The maximum atomic E-state index is 4.75. The second-order valence-corrected chi connectivity index (χ2v) is 8.06. The average Bonchev–Trinajstić information content (AvgIpc) is 3.02. The predicted octanol–water partition coefficient (Wildman–Crippen LogP) is 5.25. The first-order chi connectivity index (χ1) is 11.5. The molecule has 124 valence electrons. The zero-order valence-corrected chi connectivity index (χ0v) is 15.2. The van der Waals surface area contributed by atoms with Crippen LogP contribution in [0.15, 0.2) is 54.0 Å². The van der Waals surface area contributed by atoms with Crippen molar-refractivity contribution in [3.05, 3.63) is 64.7 Å². The highest BCUT2D eigenvalue weighted by atomic mass is 32.1. The van der Waals surface area contributed by atoms with E-state index in [2.05, 4.69) is 60.7 Å². The molecule has 0 aliphatic rings. The van der Waals surface area contributed by atoms with Gasteiger partial charge in [0.05, 0.1) is 10.7 Å². The summed E-state index contributed by atoms with van der Waals surface area (Å²) in [4.78, 5) is 9.12. The van der Waals surface area contributed by atoms with Crippen LogP contribution in [0.5, 0.6) is 0 Å². The van der Waals surface area contributed by atoms with Crippen LogP contribution in [0, 0.1) is 5.41 Å². The number of hydrogen-bond donors (Lipinski definition) is 1. The van der Waals surface area contributed by atoms with Crippen LogP contribution < -0.4 is 5.32 Å². The van der Waals surface area contributed by atoms with Gasteiger partial charge in [0, 0.05) is 41.5 Å². The number of nitrogens with one attached hydrogen (secondary N) is 1. The van der Waals surface area contributed by atoms with Crippen LogP contribution in [0.3, 0.4) is 0 Å². The van der Waals surface area contributed by atoms with Crippen LogP contribution in [0.1, 0.15) is 31.5 Å². The Labute approximate surface area is 147 Å². The fraction of sp³-hybridized carbons (Fsp3) is 0.300. The quantitative estimate of drug-likeness (QED) is 0.690. The molecule has 3 nitrogen and oxygen atoms in total. The summed E-state index contributed by atoms with van der Waals surface area (Å²) in [5, 5.41) is 6.69. The van der Waals surface area contributed by atoms with E-state index < -0.39 is 0 Å². The first kappa shape index (κ1) is 16.7. The van der Waals surface area contributed by atoms with Crippen molar-refractivity contribution >= 4 is 17.0 Å². The van der Waals surface area contributed by atoms with Crippen LogP contribution in [-0.4, -0.2) is 16.5 Å². The minimum atomic E-state index is 0.272. The second-order valence-electron chi connectivity index (χ2n) is 7.12. The zero-order valence-electron chi connectivity index (χ0n) is 14.4. The lowest BCUT2D eigenvalue weighted by molar-refractivity contribution is 0.443. The van der Waals surface area contributed by atoms with Crippen molar-refractivity contribution in [2.75, 3.05) is 11.9 Å². The van der Waals surface area contributed by atoms with Gasteiger partial charge in [-0.25, -0.2) is 4.98 Å². The monoisotopic (exact) mass is 337 g/mol. The van der Waals surface area contributed by atoms with Gasteiger partial charge in [-0.3, -0.25) is 4.98 Å². The first-order valence-electron chi connectivity index (χ1n) is 8.18. The molecular weight excluding hydrogens is 314 g/mol. The molecule has 0 atom stereocenters. The Morgan fingerprint density at radius 2 is 1.83 bits per heavy atom. The van der Waals surface area contributed by atoms with Gasteiger partial charge in [-0.15, -0.1) is 11.3 Å². The van der Waals surface area contributed by atoms with Crippen molar-refractivity contribution in [3.8, 4) is 11.3 Å². The molecule has 2 heterocycles. The molecule has 0 fully saturated rings. The van der Waals surface area contributed by atoms with Crippen molar-refractivity contribution in [1.29, 1.82) is 0 Å². The lowest BCUT2D eigenvalue weighted by atomic mass is 9.97. The van der Waals surface area contributed by atoms with E-state index in [0.717, 1.165) is 40.6 Å². The van der Waals surface area contributed by atoms with E-state index in [0.29, 0.717) is 0 Å². The number of rotatable bonds is 5. The second kappa shape index (κ2) is 7.14. The van der Waals surface area contributed by atoms with Crippen LogP contribution in [0.2, 0.25) is 0 Å². The maximum absolute atomic E-state index is 4.75. The van der Waals surface area contributed by atoms with E-state index in [9.17, 15) is 0 Å². The molecule has 2 aromatic heterocycles. The van der Waals surface area contributed by atoms with Gasteiger partial charge in [0.15, 0.2) is 0 Å². The molecule has 4 heteroatoms. The van der Waals surface area contributed by atoms with Gasteiger partial charge in [0.2, 0.25) is 0 Å². The van der Waals surface area contributed by atoms with Gasteiger partial charge in [0.1, 0.15) is 0 Å². The Kier molecular flexibility index (Phi) is 4.95. The number of aromatic nitrogens is 2. The lowest BCUT2D eigenvalue weighted by Gasteiger charge is -2.19. The van der Waals surface area contributed by atoms with Crippen molar-refractivity contribution in [2.45, 2.75) is 27.2 Å². The van der Waals surface area contributed by atoms with Crippen LogP contribution in [0.25, 0.3) is 11.3 Å². The summed E-state index contributed by atoms with van der Waals surface area (Å²) in [6, 6.07) is 14.5.